The molecule has 2 heterocycles. The normalized spacial score (nSPS) is 13.2. The Morgan fingerprint density at radius 3 is 2.67 bits per heavy atom. The van der Waals surface area contributed by atoms with Gasteiger partial charge in [0.2, 0.25) is 5.95 Å². The Morgan fingerprint density at radius 2 is 1.86 bits per heavy atom. The molecule has 5 rings (SSSR count). The van der Waals surface area contributed by atoms with Crippen LogP contribution in [0.5, 0.6) is 0 Å². The van der Waals surface area contributed by atoms with Gasteiger partial charge in [0, 0.05) is 53.7 Å². The second-order valence-corrected chi connectivity index (χ2v) is 8.45. The van der Waals surface area contributed by atoms with E-state index < -0.39 is 0 Å². The number of para-hydroxylation sites is 1. The first-order valence-corrected chi connectivity index (χ1v) is 11.9. The summed E-state index contributed by atoms with van der Waals surface area (Å²) in [5.74, 6) is 0.324. The van der Waals surface area contributed by atoms with Crippen LogP contribution < -0.4 is 15.5 Å². The van der Waals surface area contributed by atoms with E-state index in [2.05, 4.69) is 32.7 Å². The van der Waals surface area contributed by atoms with Gasteiger partial charge >= 0.3 is 0 Å². The molecule has 36 heavy (non-hydrogen) atoms. The van der Waals surface area contributed by atoms with Crippen molar-refractivity contribution in [3.8, 4) is 17.2 Å². The average molecular weight is 479 g/mol. The van der Waals surface area contributed by atoms with E-state index in [1.807, 2.05) is 54.7 Å². The highest BCUT2D eigenvalue weighted by Gasteiger charge is 2.13. The number of hydrogen-bond donors (Lipinski definition) is 2. The maximum atomic E-state index is 12.3. The van der Waals surface area contributed by atoms with Crippen LogP contribution in [0.4, 0.5) is 17.3 Å². The molecule has 180 valence electrons. The zero-order chi connectivity index (χ0) is 24.7. The molecule has 2 N–H and O–H groups in total. The molecule has 0 aliphatic carbocycles. The number of ether oxygens (including phenoxy) is 1. The number of nitriles is 1. The van der Waals surface area contributed by atoms with Gasteiger partial charge in [-0.15, -0.1) is 0 Å². The summed E-state index contributed by atoms with van der Waals surface area (Å²) in [4.78, 5) is 23.9. The monoisotopic (exact) mass is 478 g/mol. The zero-order valence-electron chi connectivity index (χ0n) is 19.8. The van der Waals surface area contributed by atoms with Crippen LogP contribution in [0.2, 0.25) is 0 Å². The molecule has 0 radical (unpaired) electrons. The Balaban J connectivity index is 1.38. The van der Waals surface area contributed by atoms with E-state index in [0.29, 0.717) is 18.1 Å². The average Bonchev–Trinajstić information content (AvgIpc) is 2.93. The molecule has 1 fully saturated rings. The van der Waals surface area contributed by atoms with E-state index in [1.54, 1.807) is 12.1 Å². The summed E-state index contributed by atoms with van der Waals surface area (Å²) < 4.78 is 5.47. The van der Waals surface area contributed by atoms with Gasteiger partial charge in [0.15, 0.2) is 0 Å². The zero-order valence-corrected chi connectivity index (χ0v) is 19.8. The molecule has 1 aromatic heterocycles. The predicted molar refractivity (Wildman–Crippen MR) is 140 cm³/mol. The highest BCUT2D eigenvalue weighted by Crippen LogP contribution is 2.29. The predicted octanol–water partition coefficient (Wildman–Crippen LogP) is 4.52. The van der Waals surface area contributed by atoms with Crippen LogP contribution in [0.1, 0.15) is 16.8 Å². The smallest absolute Gasteiger partial charge is 0.251 e. The van der Waals surface area contributed by atoms with E-state index in [-0.39, 0.29) is 12.3 Å². The van der Waals surface area contributed by atoms with Crippen LogP contribution in [0.25, 0.3) is 22.0 Å². The quantitative estimate of drug-likeness (QED) is 0.377. The topological polar surface area (TPSA) is 103 Å². The van der Waals surface area contributed by atoms with Crippen molar-refractivity contribution >= 4 is 34.1 Å². The summed E-state index contributed by atoms with van der Waals surface area (Å²) in [7, 11) is 0. The van der Waals surface area contributed by atoms with E-state index in [4.69, 9.17) is 15.0 Å². The molecule has 0 spiro atoms. The molecule has 1 aliphatic rings. The van der Waals surface area contributed by atoms with E-state index in [9.17, 15) is 4.79 Å². The number of carbonyl (C=O) groups excluding carboxylic acids is 1. The fraction of sp³-hybridized carbons (Fsp3) is 0.214. The summed E-state index contributed by atoms with van der Waals surface area (Å²) in [6.45, 7) is 3.56. The molecule has 0 bridgehead atoms. The number of benzene rings is 3. The van der Waals surface area contributed by atoms with Crippen LogP contribution in [0.3, 0.4) is 0 Å². The molecule has 8 heteroatoms. The van der Waals surface area contributed by atoms with Crippen LogP contribution in [-0.2, 0) is 4.74 Å². The van der Waals surface area contributed by atoms with Gasteiger partial charge in [-0.25, -0.2) is 9.97 Å². The Labute approximate surface area is 209 Å². The lowest BCUT2D eigenvalue weighted by atomic mass is 10.0. The third-order valence-corrected chi connectivity index (χ3v) is 6.07. The molecule has 1 saturated heterocycles. The number of rotatable bonds is 7. The Hall–Kier alpha value is -4.48. The summed E-state index contributed by atoms with van der Waals surface area (Å²) in [6.07, 6.45) is 2.10. The van der Waals surface area contributed by atoms with Gasteiger partial charge in [-0.1, -0.05) is 36.4 Å². The molecule has 3 aromatic carbocycles. The Kier molecular flexibility index (Phi) is 7.01. The van der Waals surface area contributed by atoms with Gasteiger partial charge in [0.05, 0.1) is 31.2 Å². The third kappa shape index (κ3) is 5.27. The lowest BCUT2D eigenvalue weighted by Crippen LogP contribution is -2.36. The maximum absolute atomic E-state index is 12.3. The van der Waals surface area contributed by atoms with Crippen molar-refractivity contribution in [3.63, 3.8) is 0 Å². The lowest BCUT2D eigenvalue weighted by molar-refractivity contribution is 0.0954. The van der Waals surface area contributed by atoms with Crippen molar-refractivity contribution in [2.24, 2.45) is 0 Å². The van der Waals surface area contributed by atoms with Crippen LogP contribution >= 0.6 is 0 Å². The van der Waals surface area contributed by atoms with Crippen molar-refractivity contribution < 1.29 is 9.53 Å². The standard InChI is InChI=1S/C28H26N6O2/c29-12-3-13-30-27(35)21-10-8-20(9-11-21)25-7-1-4-22-19-31-28(33-26(22)25)32-23-5-2-6-24(18-23)34-14-16-36-17-15-34/h1-2,4-11,18-19H,3,13-17H2,(H,30,35)(H,31,32,33). The minimum absolute atomic E-state index is 0.192. The van der Waals surface area contributed by atoms with Gasteiger partial charge in [0.25, 0.3) is 5.91 Å². The first-order chi connectivity index (χ1) is 17.7. The molecule has 1 aliphatic heterocycles. The number of aromatic nitrogens is 2. The molecule has 0 saturated carbocycles. The fourth-order valence-electron chi connectivity index (χ4n) is 4.22. The number of anilines is 3. The molecule has 0 atom stereocenters. The van der Waals surface area contributed by atoms with Crippen LogP contribution in [-0.4, -0.2) is 48.7 Å². The SMILES string of the molecule is N#CCCNC(=O)c1ccc(-c2cccc3cnc(Nc4cccc(N5CCOCC5)c4)nc23)cc1. The highest BCUT2D eigenvalue weighted by atomic mass is 16.5. The minimum atomic E-state index is -0.192. The van der Waals surface area contributed by atoms with Gasteiger partial charge in [0.1, 0.15) is 0 Å². The second kappa shape index (κ2) is 10.8. The van der Waals surface area contributed by atoms with Gasteiger partial charge < -0.3 is 20.3 Å². The molecule has 4 aromatic rings. The Bertz CT molecular complexity index is 1410. The van der Waals surface area contributed by atoms with Crippen molar-refractivity contribution in [1.82, 2.24) is 15.3 Å². The number of morpholine rings is 1. The molecular weight excluding hydrogens is 452 g/mol. The van der Waals surface area contributed by atoms with Crippen molar-refractivity contribution in [2.75, 3.05) is 43.1 Å². The summed E-state index contributed by atoms with van der Waals surface area (Å²) in [6, 6.07) is 23.6. The molecule has 1 amide bonds. The van der Waals surface area contributed by atoms with Crippen LogP contribution in [0.15, 0.2) is 72.9 Å². The summed E-state index contributed by atoms with van der Waals surface area (Å²) >= 11 is 0. The first kappa shape index (κ1) is 23.3. The van der Waals surface area contributed by atoms with Crippen molar-refractivity contribution in [3.05, 3.63) is 78.5 Å². The second-order valence-electron chi connectivity index (χ2n) is 8.45. The molecule has 8 nitrogen and oxygen atoms in total. The Morgan fingerprint density at radius 1 is 1.06 bits per heavy atom. The number of carbonyl (C=O) groups is 1. The highest BCUT2D eigenvalue weighted by molar-refractivity contribution is 5.97. The van der Waals surface area contributed by atoms with E-state index >= 15 is 0 Å². The third-order valence-electron chi connectivity index (χ3n) is 6.07. The number of fused-ring (bicyclic) bond motifs is 1. The minimum Gasteiger partial charge on any atom is -0.378 e. The maximum Gasteiger partial charge on any atom is 0.251 e. The van der Waals surface area contributed by atoms with E-state index in [0.717, 1.165) is 59.7 Å². The van der Waals surface area contributed by atoms with Gasteiger partial charge in [-0.2, -0.15) is 5.26 Å². The van der Waals surface area contributed by atoms with Gasteiger partial charge in [-0.05, 0) is 35.9 Å². The largest absolute Gasteiger partial charge is 0.378 e. The first-order valence-electron chi connectivity index (χ1n) is 11.9. The summed E-state index contributed by atoms with van der Waals surface area (Å²) in [5.41, 5.74) is 5.34. The number of nitrogens with zero attached hydrogens (tertiary/aromatic N) is 4. The van der Waals surface area contributed by atoms with Crippen LogP contribution in [0, 0.1) is 11.3 Å². The van der Waals surface area contributed by atoms with Crippen molar-refractivity contribution in [2.45, 2.75) is 6.42 Å². The number of hydrogen-bond acceptors (Lipinski definition) is 7. The number of nitrogens with one attached hydrogen (secondary N) is 2. The van der Waals surface area contributed by atoms with Gasteiger partial charge in [-0.3, -0.25) is 4.79 Å². The molecule has 0 unspecified atom stereocenters. The fourth-order valence-corrected chi connectivity index (χ4v) is 4.22. The lowest BCUT2D eigenvalue weighted by Gasteiger charge is -2.29. The molecular formula is C28H26N6O2. The van der Waals surface area contributed by atoms with E-state index in [1.165, 1.54) is 0 Å². The van der Waals surface area contributed by atoms with Crippen molar-refractivity contribution in [1.29, 1.82) is 5.26 Å². The number of amides is 1. The summed E-state index contributed by atoms with van der Waals surface area (Å²) in [5, 5.41) is 15.7.